The van der Waals surface area contributed by atoms with Crippen LogP contribution in [0.4, 0.5) is 0 Å². The molecule has 1 heterocycles. The lowest BCUT2D eigenvalue weighted by Crippen LogP contribution is -2.13. The van der Waals surface area contributed by atoms with E-state index in [0.29, 0.717) is 11.8 Å². The molecule has 0 spiro atoms. The standard InChI is InChI=1S/C20H24N2/c1-14(12-13-21)6-5-7-16(3)19-11-10-18-15(2)8-9-17(4)20(18)22-19/h5-7,10-12,15,17H,8-9H2,1-4H3/b6-5+,14-12+,16-7+. The van der Waals surface area contributed by atoms with Crippen LogP contribution in [0.25, 0.3) is 5.57 Å². The molecule has 0 radical (unpaired) electrons. The second kappa shape index (κ2) is 7.22. The van der Waals surface area contributed by atoms with Crippen LogP contribution in [0.5, 0.6) is 0 Å². The number of nitrogens with zero attached hydrogens (tertiary/aromatic N) is 2. The van der Waals surface area contributed by atoms with Crippen molar-refractivity contribution in [2.45, 2.75) is 52.4 Å². The van der Waals surface area contributed by atoms with E-state index < -0.39 is 0 Å². The van der Waals surface area contributed by atoms with Crippen molar-refractivity contribution in [1.82, 2.24) is 4.98 Å². The average molecular weight is 292 g/mol. The molecule has 1 aromatic heterocycles. The Morgan fingerprint density at radius 3 is 2.68 bits per heavy atom. The molecule has 2 nitrogen and oxygen atoms in total. The van der Waals surface area contributed by atoms with Crippen molar-refractivity contribution in [1.29, 1.82) is 5.26 Å². The van der Waals surface area contributed by atoms with Crippen molar-refractivity contribution in [3.8, 4) is 6.07 Å². The summed E-state index contributed by atoms with van der Waals surface area (Å²) in [6.45, 7) is 8.57. The molecule has 1 aromatic rings. The van der Waals surface area contributed by atoms with Crippen molar-refractivity contribution >= 4 is 5.57 Å². The Kier molecular flexibility index (Phi) is 5.33. The number of fused-ring (bicyclic) bond motifs is 1. The van der Waals surface area contributed by atoms with Gasteiger partial charge in [0.25, 0.3) is 0 Å². The molecule has 22 heavy (non-hydrogen) atoms. The Bertz CT molecular complexity index is 671. The van der Waals surface area contributed by atoms with E-state index in [0.717, 1.165) is 16.8 Å². The van der Waals surface area contributed by atoms with Crippen LogP contribution < -0.4 is 0 Å². The zero-order valence-corrected chi connectivity index (χ0v) is 13.9. The summed E-state index contributed by atoms with van der Waals surface area (Å²) < 4.78 is 0. The fourth-order valence-electron chi connectivity index (χ4n) is 2.89. The Balaban J connectivity index is 2.25. The summed E-state index contributed by atoms with van der Waals surface area (Å²) in [7, 11) is 0. The zero-order valence-electron chi connectivity index (χ0n) is 13.9. The maximum atomic E-state index is 8.60. The third-order valence-corrected chi connectivity index (χ3v) is 4.39. The van der Waals surface area contributed by atoms with Crippen molar-refractivity contribution < 1.29 is 0 Å². The Morgan fingerprint density at radius 2 is 1.95 bits per heavy atom. The van der Waals surface area contributed by atoms with Gasteiger partial charge >= 0.3 is 0 Å². The summed E-state index contributed by atoms with van der Waals surface area (Å²) in [6.07, 6.45) is 10.0. The highest BCUT2D eigenvalue weighted by Crippen LogP contribution is 2.37. The molecular weight excluding hydrogens is 268 g/mol. The molecular formula is C20H24N2. The lowest BCUT2D eigenvalue weighted by Gasteiger charge is -2.26. The molecule has 1 aliphatic rings. The monoisotopic (exact) mass is 292 g/mol. The zero-order chi connectivity index (χ0) is 16.1. The number of hydrogen-bond donors (Lipinski definition) is 0. The fraction of sp³-hybridized carbons (Fsp3) is 0.400. The smallest absolute Gasteiger partial charge is 0.0914 e. The number of rotatable bonds is 3. The first-order chi connectivity index (χ1) is 10.5. The van der Waals surface area contributed by atoms with Crippen LogP contribution in [0.3, 0.4) is 0 Å². The molecule has 0 amide bonds. The lowest BCUT2D eigenvalue weighted by molar-refractivity contribution is 0.514. The van der Waals surface area contributed by atoms with Gasteiger partial charge < -0.3 is 0 Å². The van der Waals surface area contributed by atoms with Gasteiger partial charge in [-0.25, -0.2) is 0 Å². The first kappa shape index (κ1) is 16.2. The summed E-state index contributed by atoms with van der Waals surface area (Å²) in [5, 5.41) is 8.60. The van der Waals surface area contributed by atoms with Gasteiger partial charge in [-0.05, 0) is 61.3 Å². The van der Waals surface area contributed by atoms with Crippen LogP contribution >= 0.6 is 0 Å². The van der Waals surface area contributed by atoms with Crippen molar-refractivity contribution in [2.75, 3.05) is 0 Å². The summed E-state index contributed by atoms with van der Waals surface area (Å²) in [4.78, 5) is 4.91. The van der Waals surface area contributed by atoms with Crippen LogP contribution in [0.1, 0.15) is 69.3 Å². The normalized spacial score (nSPS) is 22.5. The van der Waals surface area contributed by atoms with Crippen LogP contribution in [0.2, 0.25) is 0 Å². The second-order valence-electron chi connectivity index (χ2n) is 6.28. The van der Waals surface area contributed by atoms with Crippen molar-refractivity contribution in [3.63, 3.8) is 0 Å². The SMILES string of the molecule is CC(/C=C/C=C(\C)c1ccc2c(n1)C(C)CCC2C)=C\C#N. The second-order valence-corrected chi connectivity index (χ2v) is 6.28. The third kappa shape index (κ3) is 3.74. The van der Waals surface area contributed by atoms with E-state index in [1.807, 2.05) is 25.1 Å². The molecule has 2 atom stereocenters. The fourth-order valence-corrected chi connectivity index (χ4v) is 2.89. The van der Waals surface area contributed by atoms with Gasteiger partial charge in [-0.3, -0.25) is 4.98 Å². The molecule has 114 valence electrons. The van der Waals surface area contributed by atoms with Gasteiger partial charge in [0, 0.05) is 11.8 Å². The highest BCUT2D eigenvalue weighted by atomic mass is 14.7. The molecule has 0 aromatic carbocycles. The molecule has 0 bridgehead atoms. The van der Waals surface area contributed by atoms with Crippen molar-refractivity contribution in [3.05, 3.63) is 59.0 Å². The molecule has 1 aliphatic carbocycles. The van der Waals surface area contributed by atoms with Gasteiger partial charge in [-0.2, -0.15) is 5.26 Å². The van der Waals surface area contributed by atoms with Crippen LogP contribution in [-0.2, 0) is 0 Å². The minimum atomic E-state index is 0.551. The average Bonchev–Trinajstić information content (AvgIpc) is 2.51. The molecule has 0 saturated heterocycles. The molecule has 0 N–H and O–H groups in total. The van der Waals surface area contributed by atoms with Gasteiger partial charge in [0.1, 0.15) is 0 Å². The van der Waals surface area contributed by atoms with E-state index in [4.69, 9.17) is 10.2 Å². The Labute approximate surface area is 133 Å². The summed E-state index contributed by atoms with van der Waals surface area (Å²) in [5.41, 5.74) is 5.83. The van der Waals surface area contributed by atoms with E-state index in [9.17, 15) is 0 Å². The van der Waals surface area contributed by atoms with Crippen molar-refractivity contribution in [2.24, 2.45) is 0 Å². The predicted octanol–water partition coefficient (Wildman–Crippen LogP) is 5.51. The third-order valence-electron chi connectivity index (χ3n) is 4.39. The Morgan fingerprint density at radius 1 is 1.23 bits per heavy atom. The Hall–Kier alpha value is -2.14. The van der Waals surface area contributed by atoms with E-state index in [-0.39, 0.29) is 0 Å². The van der Waals surface area contributed by atoms with E-state index in [1.54, 1.807) is 6.08 Å². The van der Waals surface area contributed by atoms with Crippen LogP contribution in [0, 0.1) is 11.3 Å². The van der Waals surface area contributed by atoms with Crippen LogP contribution in [-0.4, -0.2) is 4.98 Å². The molecule has 0 aliphatic heterocycles. The largest absolute Gasteiger partial charge is 0.253 e. The quantitative estimate of drug-likeness (QED) is 0.544. The summed E-state index contributed by atoms with van der Waals surface area (Å²) in [5.74, 6) is 1.17. The van der Waals surface area contributed by atoms with E-state index >= 15 is 0 Å². The first-order valence-electron chi connectivity index (χ1n) is 7.95. The minimum absolute atomic E-state index is 0.551. The van der Waals surface area contributed by atoms with Gasteiger partial charge in [0.2, 0.25) is 0 Å². The van der Waals surface area contributed by atoms with Gasteiger partial charge in [0.05, 0.1) is 11.8 Å². The molecule has 2 heteroatoms. The van der Waals surface area contributed by atoms with Crippen LogP contribution in [0.15, 0.2) is 42.0 Å². The number of allylic oxidation sites excluding steroid dienone is 6. The number of pyridine rings is 1. The van der Waals surface area contributed by atoms with Gasteiger partial charge in [-0.1, -0.05) is 38.1 Å². The van der Waals surface area contributed by atoms with Gasteiger partial charge in [0.15, 0.2) is 0 Å². The number of aromatic nitrogens is 1. The highest BCUT2D eigenvalue weighted by molar-refractivity contribution is 5.63. The minimum Gasteiger partial charge on any atom is -0.253 e. The van der Waals surface area contributed by atoms with Gasteiger partial charge in [-0.15, -0.1) is 0 Å². The predicted molar refractivity (Wildman–Crippen MR) is 92.5 cm³/mol. The molecule has 0 saturated carbocycles. The maximum absolute atomic E-state index is 8.60. The lowest BCUT2D eigenvalue weighted by atomic mass is 9.81. The highest BCUT2D eigenvalue weighted by Gasteiger charge is 2.23. The first-order valence-corrected chi connectivity index (χ1v) is 7.95. The van der Waals surface area contributed by atoms with E-state index in [1.165, 1.54) is 24.1 Å². The molecule has 2 rings (SSSR count). The summed E-state index contributed by atoms with van der Waals surface area (Å²) >= 11 is 0. The number of nitriles is 1. The van der Waals surface area contributed by atoms with E-state index in [2.05, 4.69) is 39.0 Å². The molecule has 0 fully saturated rings. The topological polar surface area (TPSA) is 36.7 Å². The maximum Gasteiger partial charge on any atom is 0.0914 e. The molecule has 2 unspecified atom stereocenters. The number of hydrogen-bond acceptors (Lipinski definition) is 2. The summed E-state index contributed by atoms with van der Waals surface area (Å²) in [6, 6.07) is 6.41.